The van der Waals surface area contributed by atoms with Crippen molar-refractivity contribution in [2.45, 2.75) is 12.8 Å². The number of allylic oxidation sites excluding steroid dienone is 1. The van der Waals surface area contributed by atoms with E-state index in [4.69, 9.17) is 0 Å². The average Bonchev–Trinajstić information content (AvgIpc) is 3.22. The predicted molar refractivity (Wildman–Crippen MR) is 109 cm³/mol. The number of rotatable bonds is 0. The van der Waals surface area contributed by atoms with Crippen LogP contribution in [0.1, 0.15) is 17.7 Å². The molecule has 0 bridgehead atoms. The number of fused-ring (bicyclic) bond motifs is 8. The Morgan fingerprint density at radius 2 is 1.31 bits per heavy atom. The molecule has 6 aromatic rings. The first-order valence-electron chi connectivity index (χ1n) is 9.29. The Morgan fingerprint density at radius 3 is 2.23 bits per heavy atom. The molecule has 26 heavy (non-hydrogen) atoms. The molecule has 0 unspecified atom stereocenters. The van der Waals surface area contributed by atoms with E-state index >= 15 is 0 Å². The zero-order chi connectivity index (χ0) is 16.8. The van der Waals surface area contributed by atoms with E-state index in [2.05, 4.69) is 81.6 Å². The Bertz CT molecular complexity index is 1520. The lowest BCUT2D eigenvalue weighted by Gasteiger charge is -2.12. The van der Waals surface area contributed by atoms with Gasteiger partial charge >= 0.3 is 0 Å². The van der Waals surface area contributed by atoms with Crippen LogP contribution in [0.3, 0.4) is 0 Å². The highest BCUT2D eigenvalue weighted by molar-refractivity contribution is 6.17. The number of nitrogens with zero attached hydrogens (tertiary/aromatic N) is 2. The van der Waals surface area contributed by atoms with E-state index in [1.807, 2.05) is 0 Å². The fourth-order valence-electron chi connectivity index (χ4n) is 5.13. The van der Waals surface area contributed by atoms with E-state index in [-0.39, 0.29) is 0 Å². The summed E-state index contributed by atoms with van der Waals surface area (Å²) in [6, 6.07) is 22.3. The van der Waals surface area contributed by atoms with Gasteiger partial charge in [-0.1, -0.05) is 48.5 Å². The van der Waals surface area contributed by atoms with Crippen molar-refractivity contribution in [1.82, 2.24) is 8.80 Å². The third kappa shape index (κ3) is 1.30. The molecule has 0 aliphatic heterocycles. The van der Waals surface area contributed by atoms with Crippen LogP contribution >= 0.6 is 0 Å². The number of hydrogen-bond donors (Lipinski definition) is 0. The Balaban J connectivity index is 1.96. The molecule has 2 nitrogen and oxygen atoms in total. The number of para-hydroxylation sites is 3. The Hall–Kier alpha value is -3.26. The maximum absolute atomic E-state index is 2.50. The van der Waals surface area contributed by atoms with Crippen molar-refractivity contribution in [2.75, 3.05) is 0 Å². The van der Waals surface area contributed by atoms with Gasteiger partial charge in [-0.2, -0.15) is 0 Å². The van der Waals surface area contributed by atoms with Gasteiger partial charge in [0.15, 0.2) is 0 Å². The lowest BCUT2D eigenvalue weighted by molar-refractivity contribution is 0.983. The molecule has 1 aliphatic rings. The van der Waals surface area contributed by atoms with Crippen molar-refractivity contribution >= 4 is 49.8 Å². The van der Waals surface area contributed by atoms with E-state index in [0.29, 0.717) is 0 Å². The summed E-state index contributed by atoms with van der Waals surface area (Å²) in [5, 5.41) is 4.07. The minimum atomic E-state index is 1.13. The first kappa shape index (κ1) is 13.0. The molecule has 0 amide bonds. The second-order valence-corrected chi connectivity index (χ2v) is 7.34. The van der Waals surface area contributed by atoms with Gasteiger partial charge in [0, 0.05) is 21.9 Å². The van der Waals surface area contributed by atoms with E-state index < -0.39 is 0 Å². The fraction of sp³-hybridized carbons (Fsp3) is 0.0833. The molecule has 0 fully saturated rings. The summed E-state index contributed by atoms with van der Waals surface area (Å²) >= 11 is 0. The molecule has 122 valence electrons. The van der Waals surface area contributed by atoms with Crippen LogP contribution in [0.5, 0.6) is 0 Å². The number of aromatic nitrogens is 2. The van der Waals surface area contributed by atoms with Gasteiger partial charge in [0.25, 0.3) is 0 Å². The molecule has 3 heterocycles. The molecule has 0 atom stereocenters. The summed E-state index contributed by atoms with van der Waals surface area (Å²) in [7, 11) is 0. The van der Waals surface area contributed by atoms with Crippen molar-refractivity contribution in [1.29, 1.82) is 0 Å². The quantitative estimate of drug-likeness (QED) is 0.299. The maximum Gasteiger partial charge on any atom is 0.0783 e. The summed E-state index contributed by atoms with van der Waals surface area (Å²) in [5.74, 6) is 0. The summed E-state index contributed by atoms with van der Waals surface area (Å²) in [4.78, 5) is 0. The second kappa shape index (κ2) is 4.28. The molecular formula is C24H16N2. The topological polar surface area (TPSA) is 8.82 Å². The molecule has 1 aliphatic carbocycles. The minimum absolute atomic E-state index is 1.13. The lowest BCUT2D eigenvalue weighted by Crippen LogP contribution is -1.99. The van der Waals surface area contributed by atoms with Gasteiger partial charge in [-0.05, 0) is 42.7 Å². The summed E-state index contributed by atoms with van der Waals surface area (Å²) in [6.45, 7) is 0. The zero-order valence-corrected chi connectivity index (χ0v) is 14.2. The smallest absolute Gasteiger partial charge is 0.0783 e. The van der Waals surface area contributed by atoms with E-state index in [0.717, 1.165) is 12.8 Å². The number of aryl methyl sites for hydroxylation is 1. The normalized spacial score (nSPS) is 14.5. The molecule has 3 aromatic heterocycles. The van der Waals surface area contributed by atoms with Gasteiger partial charge < -0.3 is 8.80 Å². The molecule has 3 aromatic carbocycles. The van der Waals surface area contributed by atoms with Crippen LogP contribution in [0.25, 0.3) is 49.8 Å². The highest BCUT2D eigenvalue weighted by atomic mass is 15.0. The fourth-order valence-corrected chi connectivity index (χ4v) is 5.13. The van der Waals surface area contributed by atoms with Gasteiger partial charge in [0.2, 0.25) is 0 Å². The van der Waals surface area contributed by atoms with Crippen molar-refractivity contribution in [2.24, 2.45) is 0 Å². The zero-order valence-electron chi connectivity index (χ0n) is 14.2. The highest BCUT2D eigenvalue weighted by Crippen LogP contribution is 2.40. The Morgan fingerprint density at radius 1 is 0.615 bits per heavy atom. The molecule has 2 heteroatoms. The van der Waals surface area contributed by atoms with Gasteiger partial charge in [0.1, 0.15) is 0 Å². The highest BCUT2D eigenvalue weighted by Gasteiger charge is 2.22. The van der Waals surface area contributed by atoms with Gasteiger partial charge in [-0.25, -0.2) is 0 Å². The van der Waals surface area contributed by atoms with Gasteiger partial charge in [0.05, 0.1) is 27.6 Å². The molecule has 7 rings (SSSR count). The summed E-state index contributed by atoms with van der Waals surface area (Å²) in [6.07, 6.45) is 6.90. The predicted octanol–water partition coefficient (Wildman–Crippen LogP) is 6.05. The van der Waals surface area contributed by atoms with Crippen LogP contribution in [0, 0.1) is 0 Å². The third-order valence-corrected chi connectivity index (χ3v) is 6.11. The minimum Gasteiger partial charge on any atom is -0.305 e. The van der Waals surface area contributed by atoms with Crippen molar-refractivity contribution in [3.63, 3.8) is 0 Å². The second-order valence-electron chi connectivity index (χ2n) is 7.34. The van der Waals surface area contributed by atoms with Gasteiger partial charge in [-0.3, -0.25) is 0 Å². The molecule has 0 radical (unpaired) electrons. The van der Waals surface area contributed by atoms with Crippen molar-refractivity contribution < 1.29 is 0 Å². The van der Waals surface area contributed by atoms with Crippen LogP contribution in [-0.4, -0.2) is 8.80 Å². The first-order valence-corrected chi connectivity index (χ1v) is 9.29. The van der Waals surface area contributed by atoms with Gasteiger partial charge in [-0.15, -0.1) is 0 Å². The van der Waals surface area contributed by atoms with E-state index in [1.54, 1.807) is 0 Å². The monoisotopic (exact) mass is 332 g/mol. The summed E-state index contributed by atoms with van der Waals surface area (Å²) in [5.41, 5.74) is 9.43. The van der Waals surface area contributed by atoms with Crippen LogP contribution in [0.15, 0.2) is 66.7 Å². The van der Waals surface area contributed by atoms with Crippen LogP contribution in [0.2, 0.25) is 0 Å². The number of benzene rings is 3. The van der Waals surface area contributed by atoms with Crippen LogP contribution < -0.4 is 0 Å². The van der Waals surface area contributed by atoms with Crippen LogP contribution in [0.4, 0.5) is 0 Å². The van der Waals surface area contributed by atoms with E-state index in [1.165, 1.54) is 55.0 Å². The number of hydrogen-bond acceptors (Lipinski definition) is 0. The molecule has 0 saturated heterocycles. The SMILES string of the molecule is C1=Cc2c(c3cccc4c3n2c2cccc3c5ccccc5n4c32)CC1. The average molecular weight is 332 g/mol. The Kier molecular flexibility index (Phi) is 2.14. The van der Waals surface area contributed by atoms with Crippen molar-refractivity contribution in [3.8, 4) is 0 Å². The first-order chi connectivity index (χ1) is 12.9. The largest absolute Gasteiger partial charge is 0.305 e. The summed E-state index contributed by atoms with van der Waals surface area (Å²) < 4.78 is 4.97. The van der Waals surface area contributed by atoms with Crippen molar-refractivity contribution in [3.05, 3.63) is 78.0 Å². The Labute approximate surface area is 149 Å². The van der Waals surface area contributed by atoms with Crippen LogP contribution in [-0.2, 0) is 6.42 Å². The standard InChI is InChI=1S/C24H16N2/c1-3-11-19-15(7-1)17-9-5-13-21-23(17)25(19)22-14-6-10-18-16-8-2-4-12-20(16)26(21)24(18)22/h1,3-7,9-14H,2,8H2. The van der Waals surface area contributed by atoms with E-state index in [9.17, 15) is 0 Å². The third-order valence-electron chi connectivity index (χ3n) is 6.11. The molecule has 0 saturated carbocycles. The molecule has 0 spiro atoms. The molecule has 0 N–H and O–H groups in total. The molecular weight excluding hydrogens is 316 g/mol. The lowest BCUT2D eigenvalue weighted by atomic mass is 10.0. The maximum atomic E-state index is 2.50.